The second-order valence-corrected chi connectivity index (χ2v) is 6.49. The number of amides is 1. The number of hydrogen-bond donors (Lipinski definition) is 2. The Morgan fingerprint density at radius 2 is 1.79 bits per heavy atom. The molecule has 1 amide bonds. The van der Waals surface area contributed by atoms with Gasteiger partial charge in [0.25, 0.3) is 11.1 Å². The summed E-state index contributed by atoms with van der Waals surface area (Å²) < 4.78 is 12.6. The molecule has 0 unspecified atom stereocenters. The number of para-hydroxylation sites is 2. The minimum atomic E-state index is -0.359. The van der Waals surface area contributed by atoms with E-state index in [0.29, 0.717) is 28.9 Å². The summed E-state index contributed by atoms with van der Waals surface area (Å²) in [6.45, 7) is 0.709. The van der Waals surface area contributed by atoms with Gasteiger partial charge >= 0.3 is 0 Å². The summed E-state index contributed by atoms with van der Waals surface area (Å²) in [5.41, 5.74) is -0.689. The molecule has 2 aromatic carbocycles. The van der Waals surface area contributed by atoms with Crippen molar-refractivity contribution in [1.29, 1.82) is 0 Å². The number of ether oxygens (including phenoxy) is 2. The third kappa shape index (κ3) is 3.62. The van der Waals surface area contributed by atoms with E-state index in [1.165, 1.54) is 4.68 Å². The van der Waals surface area contributed by atoms with Crippen molar-refractivity contribution >= 4 is 16.7 Å². The molecular weight excluding hydrogens is 362 g/mol. The molecule has 3 aromatic rings. The van der Waals surface area contributed by atoms with Gasteiger partial charge in [-0.1, -0.05) is 24.3 Å². The number of rotatable bonds is 5. The first-order valence-corrected chi connectivity index (χ1v) is 8.99. The van der Waals surface area contributed by atoms with Crippen molar-refractivity contribution in [3.05, 3.63) is 69.2 Å². The Labute approximate surface area is 159 Å². The van der Waals surface area contributed by atoms with Gasteiger partial charge in [0.2, 0.25) is 5.91 Å². The van der Waals surface area contributed by atoms with E-state index in [4.69, 9.17) is 9.47 Å². The van der Waals surface area contributed by atoms with Gasteiger partial charge in [-0.3, -0.25) is 19.5 Å². The monoisotopic (exact) mass is 381 g/mol. The lowest BCUT2D eigenvalue weighted by Crippen LogP contribution is -2.41. The molecule has 1 aliphatic rings. The molecule has 2 heterocycles. The zero-order chi connectivity index (χ0) is 19.5. The molecule has 1 aromatic heterocycles. The topological polar surface area (TPSA) is 102 Å². The van der Waals surface area contributed by atoms with Crippen molar-refractivity contribution in [2.75, 3.05) is 13.2 Å². The molecule has 4 rings (SSSR count). The molecule has 2 N–H and O–H groups in total. The summed E-state index contributed by atoms with van der Waals surface area (Å²) in [4.78, 5) is 36.7. The maximum atomic E-state index is 12.4. The molecule has 1 atom stereocenters. The van der Waals surface area contributed by atoms with Crippen LogP contribution in [0.15, 0.2) is 58.1 Å². The number of H-pyrrole nitrogens is 1. The molecule has 28 heavy (non-hydrogen) atoms. The van der Waals surface area contributed by atoms with Crippen molar-refractivity contribution in [3.8, 4) is 11.5 Å². The van der Waals surface area contributed by atoms with Crippen LogP contribution in [0.4, 0.5) is 0 Å². The maximum absolute atomic E-state index is 12.4. The maximum Gasteiger partial charge on any atom is 0.273 e. The minimum absolute atomic E-state index is 0.0539. The van der Waals surface area contributed by atoms with Crippen LogP contribution >= 0.6 is 0 Å². The number of benzene rings is 2. The van der Waals surface area contributed by atoms with E-state index in [9.17, 15) is 14.4 Å². The van der Waals surface area contributed by atoms with Crippen LogP contribution in [-0.4, -0.2) is 34.9 Å². The van der Waals surface area contributed by atoms with E-state index in [2.05, 4.69) is 10.4 Å². The van der Waals surface area contributed by atoms with Gasteiger partial charge in [-0.25, -0.2) is 4.68 Å². The zero-order valence-electron chi connectivity index (χ0n) is 15.0. The fourth-order valence-electron chi connectivity index (χ4n) is 3.10. The SMILES string of the molecule is O=C(CCn1[nH]c(=O)c2ccccc2c1=O)NC[C@H]1COc2ccccc2O1. The average Bonchev–Trinajstić information content (AvgIpc) is 2.73. The largest absolute Gasteiger partial charge is 0.486 e. The molecular formula is C20H19N3O5. The minimum Gasteiger partial charge on any atom is -0.486 e. The lowest BCUT2D eigenvalue weighted by molar-refractivity contribution is -0.121. The Morgan fingerprint density at radius 1 is 1.07 bits per heavy atom. The average molecular weight is 381 g/mol. The van der Waals surface area contributed by atoms with E-state index in [1.54, 1.807) is 24.3 Å². The Morgan fingerprint density at radius 3 is 2.61 bits per heavy atom. The van der Waals surface area contributed by atoms with Gasteiger partial charge < -0.3 is 14.8 Å². The van der Waals surface area contributed by atoms with Gasteiger partial charge in [-0.2, -0.15) is 0 Å². The van der Waals surface area contributed by atoms with Crippen molar-refractivity contribution in [2.45, 2.75) is 19.1 Å². The molecule has 1 aliphatic heterocycles. The molecule has 0 aliphatic carbocycles. The molecule has 144 valence electrons. The number of nitrogens with one attached hydrogen (secondary N) is 2. The Bertz CT molecular complexity index is 1130. The molecule has 8 heteroatoms. The van der Waals surface area contributed by atoms with Crippen LogP contribution in [0, 0.1) is 0 Å². The third-order valence-corrected chi connectivity index (χ3v) is 4.54. The van der Waals surface area contributed by atoms with Crippen LogP contribution in [-0.2, 0) is 11.3 Å². The summed E-state index contributed by atoms with van der Waals surface area (Å²) >= 11 is 0. The quantitative estimate of drug-likeness (QED) is 0.687. The van der Waals surface area contributed by atoms with Crippen LogP contribution in [0.25, 0.3) is 10.8 Å². The first-order valence-electron chi connectivity index (χ1n) is 8.99. The van der Waals surface area contributed by atoms with E-state index in [1.807, 2.05) is 24.3 Å². The van der Waals surface area contributed by atoms with E-state index >= 15 is 0 Å². The van der Waals surface area contributed by atoms with E-state index < -0.39 is 0 Å². The first-order chi connectivity index (χ1) is 13.6. The van der Waals surface area contributed by atoms with E-state index in [-0.39, 0.29) is 42.6 Å². The van der Waals surface area contributed by atoms with Gasteiger partial charge in [0.1, 0.15) is 12.7 Å². The Kier molecular flexibility index (Phi) is 4.84. The zero-order valence-corrected chi connectivity index (χ0v) is 15.0. The summed E-state index contributed by atoms with van der Waals surface area (Å²) in [6.07, 6.45) is -0.236. The van der Waals surface area contributed by atoms with Gasteiger partial charge in [-0.15, -0.1) is 0 Å². The highest BCUT2D eigenvalue weighted by Gasteiger charge is 2.21. The number of aromatic nitrogens is 2. The smallest absolute Gasteiger partial charge is 0.273 e. The standard InChI is InChI=1S/C20H19N3O5/c24-18(21-11-13-12-27-16-7-3-4-8-17(16)28-13)9-10-23-20(26)15-6-2-1-5-14(15)19(25)22-23/h1-8,13H,9-12H2,(H,21,24)(H,22,25)/t13-/m0/s1. The highest BCUT2D eigenvalue weighted by atomic mass is 16.6. The second kappa shape index (κ2) is 7.59. The summed E-state index contributed by atoms with van der Waals surface area (Å²) in [5, 5.41) is 5.96. The molecule has 0 bridgehead atoms. The molecule has 0 fully saturated rings. The van der Waals surface area contributed by atoms with Crippen molar-refractivity contribution in [2.24, 2.45) is 0 Å². The molecule has 0 spiro atoms. The van der Waals surface area contributed by atoms with Crippen LogP contribution in [0.2, 0.25) is 0 Å². The highest BCUT2D eigenvalue weighted by molar-refractivity contribution is 5.80. The number of aryl methyl sites for hydroxylation is 1. The van der Waals surface area contributed by atoms with Gasteiger partial charge in [-0.05, 0) is 24.3 Å². The summed E-state index contributed by atoms with van der Waals surface area (Å²) in [6, 6.07) is 13.9. The molecule has 0 saturated heterocycles. The molecule has 8 nitrogen and oxygen atoms in total. The van der Waals surface area contributed by atoms with Gasteiger partial charge in [0.15, 0.2) is 11.5 Å². The predicted octanol–water partition coefficient (Wildman–Crippen LogP) is 1.04. The fraction of sp³-hybridized carbons (Fsp3) is 0.250. The van der Waals surface area contributed by atoms with E-state index in [0.717, 1.165) is 0 Å². The first kappa shape index (κ1) is 17.8. The highest BCUT2D eigenvalue weighted by Crippen LogP contribution is 2.30. The van der Waals surface area contributed by atoms with Crippen LogP contribution in [0.5, 0.6) is 11.5 Å². The number of carbonyl (C=O) groups excluding carboxylic acids is 1. The molecule has 0 saturated carbocycles. The Hall–Kier alpha value is -3.55. The third-order valence-electron chi connectivity index (χ3n) is 4.54. The Balaban J connectivity index is 1.34. The lowest BCUT2D eigenvalue weighted by Gasteiger charge is -2.26. The van der Waals surface area contributed by atoms with Crippen LogP contribution in [0.3, 0.4) is 0 Å². The normalized spacial score (nSPS) is 15.4. The van der Waals surface area contributed by atoms with Crippen molar-refractivity contribution < 1.29 is 14.3 Å². The number of nitrogens with zero attached hydrogens (tertiary/aromatic N) is 1. The summed E-state index contributed by atoms with van der Waals surface area (Å²) in [7, 11) is 0. The number of aromatic amines is 1. The van der Waals surface area contributed by atoms with Gasteiger partial charge in [0.05, 0.1) is 23.9 Å². The molecule has 0 radical (unpaired) electrons. The van der Waals surface area contributed by atoms with Crippen molar-refractivity contribution in [1.82, 2.24) is 15.1 Å². The second-order valence-electron chi connectivity index (χ2n) is 6.49. The number of fused-ring (bicyclic) bond motifs is 2. The lowest BCUT2D eigenvalue weighted by atomic mass is 10.2. The van der Waals surface area contributed by atoms with Gasteiger partial charge in [0, 0.05) is 6.42 Å². The number of hydrogen-bond acceptors (Lipinski definition) is 5. The fourth-order valence-corrected chi connectivity index (χ4v) is 3.10. The predicted molar refractivity (Wildman–Crippen MR) is 103 cm³/mol. The van der Waals surface area contributed by atoms with Crippen LogP contribution < -0.4 is 25.9 Å². The van der Waals surface area contributed by atoms with Crippen molar-refractivity contribution in [3.63, 3.8) is 0 Å². The summed E-state index contributed by atoms with van der Waals surface area (Å²) in [5.74, 6) is 1.08. The van der Waals surface area contributed by atoms with Crippen LogP contribution in [0.1, 0.15) is 6.42 Å². The number of carbonyl (C=O) groups is 1.